The fourth-order valence-electron chi connectivity index (χ4n) is 2.38. The van der Waals surface area contributed by atoms with E-state index in [1.165, 1.54) is 9.80 Å². The van der Waals surface area contributed by atoms with Gasteiger partial charge in [-0.2, -0.15) is 0 Å². The first-order valence-electron chi connectivity index (χ1n) is 8.44. The summed E-state index contributed by atoms with van der Waals surface area (Å²) in [5.41, 5.74) is 0.885. The molecule has 0 aliphatic rings. The molecular formula is C19H28N2O4. The number of likely N-dealkylation sites (N-methyl/N-ethyl adjacent to an activating group) is 1. The molecule has 0 aliphatic carbocycles. The fraction of sp³-hybridized carbons (Fsp3) is 0.526. The Kier molecular flexibility index (Phi) is 8.11. The summed E-state index contributed by atoms with van der Waals surface area (Å²) >= 11 is 0. The molecule has 2 atom stereocenters. The van der Waals surface area contributed by atoms with Crippen molar-refractivity contribution in [2.45, 2.75) is 39.3 Å². The van der Waals surface area contributed by atoms with Crippen molar-refractivity contribution < 1.29 is 19.1 Å². The number of rotatable bonds is 8. The maximum Gasteiger partial charge on any atom is 0.329 e. The van der Waals surface area contributed by atoms with Crippen LogP contribution in [0.15, 0.2) is 30.3 Å². The lowest BCUT2D eigenvalue weighted by atomic mass is 9.97. The van der Waals surface area contributed by atoms with E-state index in [1.807, 2.05) is 44.2 Å². The number of carbonyl (C=O) groups is 3. The third kappa shape index (κ3) is 6.21. The summed E-state index contributed by atoms with van der Waals surface area (Å²) in [4.78, 5) is 39.4. The highest BCUT2D eigenvalue weighted by Crippen LogP contribution is 2.17. The first-order chi connectivity index (χ1) is 11.8. The summed E-state index contributed by atoms with van der Waals surface area (Å²) in [6.45, 7) is 4.00. The largest absolute Gasteiger partial charge is 0.459 e. The Morgan fingerprint density at radius 2 is 1.64 bits per heavy atom. The van der Waals surface area contributed by atoms with Crippen molar-refractivity contribution in [1.82, 2.24) is 9.80 Å². The second-order valence-electron chi connectivity index (χ2n) is 6.39. The zero-order valence-corrected chi connectivity index (χ0v) is 15.7. The van der Waals surface area contributed by atoms with E-state index >= 15 is 0 Å². The van der Waals surface area contributed by atoms with Crippen LogP contribution in [0, 0.1) is 5.92 Å². The van der Waals surface area contributed by atoms with E-state index in [0.717, 1.165) is 5.56 Å². The van der Waals surface area contributed by atoms with E-state index in [-0.39, 0.29) is 30.8 Å². The molecule has 0 radical (unpaired) electrons. The number of esters is 1. The second-order valence-corrected chi connectivity index (χ2v) is 6.39. The van der Waals surface area contributed by atoms with Gasteiger partial charge in [-0.3, -0.25) is 9.59 Å². The first kappa shape index (κ1) is 20.7. The predicted molar refractivity (Wildman–Crippen MR) is 95.6 cm³/mol. The molecule has 0 bridgehead atoms. The van der Waals surface area contributed by atoms with Crippen molar-refractivity contribution in [2.75, 3.05) is 21.1 Å². The third-order valence-electron chi connectivity index (χ3n) is 4.26. The molecule has 2 amide bonds. The molecule has 0 N–H and O–H groups in total. The number of nitrogens with zero attached hydrogens (tertiary/aromatic N) is 2. The average Bonchev–Trinajstić information content (AvgIpc) is 2.60. The number of benzene rings is 1. The Labute approximate surface area is 149 Å². The molecule has 0 saturated heterocycles. The molecule has 1 aromatic carbocycles. The number of amides is 2. The van der Waals surface area contributed by atoms with Crippen molar-refractivity contribution in [2.24, 2.45) is 5.92 Å². The standard InChI is InChI=1S/C19H28N2O4/c1-6-14(2)18(21(5)17(23)12-16(22)20(3)4)19(24)25-13-15-10-8-7-9-11-15/h7-11,14,18H,6,12-13H2,1-5H3/t14-,18-/m0/s1. The maximum atomic E-state index is 12.6. The van der Waals surface area contributed by atoms with Gasteiger partial charge in [-0.1, -0.05) is 50.6 Å². The van der Waals surface area contributed by atoms with Gasteiger partial charge in [0.15, 0.2) is 0 Å². The van der Waals surface area contributed by atoms with Crippen LogP contribution in [0.3, 0.4) is 0 Å². The highest BCUT2D eigenvalue weighted by atomic mass is 16.5. The highest BCUT2D eigenvalue weighted by molar-refractivity contribution is 5.98. The minimum atomic E-state index is -0.712. The molecule has 0 fully saturated rings. The van der Waals surface area contributed by atoms with E-state index < -0.39 is 12.0 Å². The first-order valence-corrected chi connectivity index (χ1v) is 8.44. The van der Waals surface area contributed by atoms with E-state index in [1.54, 1.807) is 21.1 Å². The summed E-state index contributed by atoms with van der Waals surface area (Å²) in [7, 11) is 4.73. The Morgan fingerprint density at radius 1 is 1.04 bits per heavy atom. The van der Waals surface area contributed by atoms with E-state index in [0.29, 0.717) is 6.42 Å². The van der Waals surface area contributed by atoms with Gasteiger partial charge >= 0.3 is 5.97 Å². The van der Waals surface area contributed by atoms with Crippen molar-refractivity contribution in [1.29, 1.82) is 0 Å². The Hall–Kier alpha value is -2.37. The maximum absolute atomic E-state index is 12.6. The fourth-order valence-corrected chi connectivity index (χ4v) is 2.38. The molecule has 25 heavy (non-hydrogen) atoms. The number of hydrogen-bond donors (Lipinski definition) is 0. The molecular weight excluding hydrogens is 320 g/mol. The van der Waals surface area contributed by atoms with Gasteiger partial charge in [0.1, 0.15) is 19.1 Å². The highest BCUT2D eigenvalue weighted by Gasteiger charge is 2.33. The van der Waals surface area contributed by atoms with Gasteiger partial charge in [-0.25, -0.2) is 4.79 Å². The summed E-state index contributed by atoms with van der Waals surface area (Å²) in [5.74, 6) is -1.21. The molecule has 6 nitrogen and oxygen atoms in total. The molecule has 6 heteroatoms. The van der Waals surface area contributed by atoms with Crippen LogP contribution in [-0.4, -0.2) is 54.8 Å². The Balaban J connectivity index is 2.79. The monoisotopic (exact) mass is 348 g/mol. The van der Waals surface area contributed by atoms with Crippen LogP contribution in [-0.2, 0) is 25.7 Å². The summed E-state index contributed by atoms with van der Waals surface area (Å²) in [6.07, 6.45) is 0.451. The van der Waals surface area contributed by atoms with Gasteiger partial charge in [0.2, 0.25) is 11.8 Å². The van der Waals surface area contributed by atoms with Crippen LogP contribution >= 0.6 is 0 Å². The molecule has 138 valence electrons. The minimum Gasteiger partial charge on any atom is -0.459 e. The molecule has 0 saturated carbocycles. The Bertz CT molecular complexity index is 586. The van der Waals surface area contributed by atoms with Crippen molar-refractivity contribution in [3.63, 3.8) is 0 Å². The van der Waals surface area contributed by atoms with Gasteiger partial charge in [0.25, 0.3) is 0 Å². The van der Waals surface area contributed by atoms with Crippen molar-refractivity contribution in [3.05, 3.63) is 35.9 Å². The van der Waals surface area contributed by atoms with Gasteiger partial charge < -0.3 is 14.5 Å². The Morgan fingerprint density at radius 3 is 2.16 bits per heavy atom. The second kappa shape index (κ2) is 9.81. The van der Waals surface area contributed by atoms with Crippen molar-refractivity contribution in [3.8, 4) is 0 Å². The number of carbonyl (C=O) groups excluding carboxylic acids is 3. The molecule has 0 spiro atoms. The van der Waals surface area contributed by atoms with Crippen LogP contribution < -0.4 is 0 Å². The minimum absolute atomic E-state index is 0.0771. The molecule has 1 rings (SSSR count). The van der Waals surface area contributed by atoms with E-state index in [9.17, 15) is 14.4 Å². The normalized spacial score (nSPS) is 12.8. The summed E-state index contributed by atoms with van der Waals surface area (Å²) in [6, 6.07) is 8.67. The van der Waals surface area contributed by atoms with Crippen molar-refractivity contribution >= 4 is 17.8 Å². The molecule has 0 unspecified atom stereocenters. The topological polar surface area (TPSA) is 66.9 Å². The molecule has 0 aliphatic heterocycles. The quantitative estimate of drug-likeness (QED) is 0.533. The van der Waals surface area contributed by atoms with Gasteiger partial charge in [-0.05, 0) is 11.5 Å². The molecule has 0 heterocycles. The van der Waals surface area contributed by atoms with E-state index in [4.69, 9.17) is 4.74 Å². The SMILES string of the molecule is CC[C@H](C)[C@@H](C(=O)OCc1ccccc1)N(C)C(=O)CC(=O)N(C)C. The van der Waals surface area contributed by atoms with Crippen LogP contribution in [0.5, 0.6) is 0 Å². The van der Waals surface area contributed by atoms with Crippen LogP contribution in [0.4, 0.5) is 0 Å². The lowest BCUT2D eigenvalue weighted by molar-refractivity contribution is -0.158. The summed E-state index contributed by atoms with van der Waals surface area (Å²) < 4.78 is 5.41. The van der Waals surface area contributed by atoms with Gasteiger partial charge in [0.05, 0.1) is 0 Å². The smallest absolute Gasteiger partial charge is 0.329 e. The number of hydrogen-bond acceptors (Lipinski definition) is 4. The van der Waals surface area contributed by atoms with Gasteiger partial charge in [-0.15, -0.1) is 0 Å². The third-order valence-corrected chi connectivity index (χ3v) is 4.26. The zero-order valence-electron chi connectivity index (χ0n) is 15.7. The summed E-state index contributed by atoms with van der Waals surface area (Å²) in [5, 5.41) is 0. The lowest BCUT2D eigenvalue weighted by Crippen LogP contribution is -2.48. The lowest BCUT2D eigenvalue weighted by Gasteiger charge is -2.31. The van der Waals surface area contributed by atoms with Crippen LogP contribution in [0.1, 0.15) is 32.3 Å². The van der Waals surface area contributed by atoms with E-state index in [2.05, 4.69) is 0 Å². The average molecular weight is 348 g/mol. The molecule has 0 aromatic heterocycles. The number of ether oxygens (including phenoxy) is 1. The molecule has 1 aromatic rings. The van der Waals surface area contributed by atoms with Crippen LogP contribution in [0.25, 0.3) is 0 Å². The predicted octanol–water partition coefficient (Wildman–Crippen LogP) is 2.08. The van der Waals surface area contributed by atoms with Crippen LogP contribution in [0.2, 0.25) is 0 Å². The zero-order chi connectivity index (χ0) is 19.0. The van der Waals surface area contributed by atoms with Gasteiger partial charge in [0, 0.05) is 21.1 Å².